The Hall–Kier alpha value is -2.82. The van der Waals surface area contributed by atoms with Gasteiger partial charge in [-0.25, -0.2) is 0 Å². The van der Waals surface area contributed by atoms with Gasteiger partial charge >= 0.3 is 0 Å². The third-order valence-electron chi connectivity index (χ3n) is 4.07. The molecule has 3 rings (SSSR count). The smallest absolute Gasteiger partial charge is 0.274 e. The number of hydrazone groups is 1. The van der Waals surface area contributed by atoms with Crippen LogP contribution in [0.5, 0.6) is 0 Å². The number of hydrogen-bond donors (Lipinski definition) is 3. The van der Waals surface area contributed by atoms with E-state index in [1.165, 1.54) is 5.56 Å². The molecule has 0 aliphatic carbocycles. The molecule has 1 heterocycles. The van der Waals surface area contributed by atoms with Gasteiger partial charge in [0.2, 0.25) is 0 Å². The molecule has 5 heteroatoms. The number of carbonyl (C=O) groups is 1. The molecule has 0 radical (unpaired) electrons. The van der Waals surface area contributed by atoms with Crippen LogP contribution in [0.1, 0.15) is 32.3 Å². The van der Waals surface area contributed by atoms with Crippen LogP contribution in [0.25, 0.3) is 0 Å². The Labute approximate surface area is 142 Å². The Morgan fingerprint density at radius 1 is 1.04 bits per heavy atom. The molecule has 0 bridgehead atoms. The summed E-state index contributed by atoms with van der Waals surface area (Å²) >= 11 is 0. The SMILES string of the molecule is CC1Nc2ccccc2NC(=O)/C1=N\Nc1ccc(C(C)C)cc1. The van der Waals surface area contributed by atoms with Crippen LogP contribution in [-0.2, 0) is 4.79 Å². The second kappa shape index (κ2) is 6.74. The molecule has 24 heavy (non-hydrogen) atoms. The molecule has 124 valence electrons. The van der Waals surface area contributed by atoms with Gasteiger partial charge in [0.05, 0.1) is 23.1 Å². The van der Waals surface area contributed by atoms with E-state index in [1.807, 2.05) is 43.3 Å². The van der Waals surface area contributed by atoms with Crippen molar-refractivity contribution < 1.29 is 4.79 Å². The van der Waals surface area contributed by atoms with E-state index >= 15 is 0 Å². The zero-order chi connectivity index (χ0) is 17.1. The average molecular weight is 322 g/mol. The molecule has 2 aromatic rings. The van der Waals surface area contributed by atoms with Crippen LogP contribution in [0.3, 0.4) is 0 Å². The second-order valence-electron chi connectivity index (χ2n) is 6.25. The maximum atomic E-state index is 12.4. The molecule has 2 aromatic carbocycles. The predicted molar refractivity (Wildman–Crippen MR) is 99.7 cm³/mol. The number of benzene rings is 2. The van der Waals surface area contributed by atoms with Crippen molar-refractivity contribution in [3.8, 4) is 0 Å². The lowest BCUT2D eigenvalue weighted by atomic mass is 10.0. The molecule has 0 saturated heterocycles. The van der Waals surface area contributed by atoms with Gasteiger partial charge in [-0.2, -0.15) is 5.10 Å². The van der Waals surface area contributed by atoms with E-state index < -0.39 is 0 Å². The zero-order valence-electron chi connectivity index (χ0n) is 14.1. The van der Waals surface area contributed by atoms with Crippen molar-refractivity contribution in [1.29, 1.82) is 0 Å². The molecule has 1 amide bonds. The first-order valence-electron chi connectivity index (χ1n) is 8.15. The monoisotopic (exact) mass is 322 g/mol. The lowest BCUT2D eigenvalue weighted by molar-refractivity contribution is -0.110. The van der Waals surface area contributed by atoms with Crippen molar-refractivity contribution in [1.82, 2.24) is 0 Å². The topological polar surface area (TPSA) is 65.5 Å². The maximum absolute atomic E-state index is 12.4. The number of hydrogen-bond acceptors (Lipinski definition) is 4. The molecule has 1 atom stereocenters. The minimum atomic E-state index is -0.203. The van der Waals surface area contributed by atoms with E-state index in [0.717, 1.165) is 17.1 Å². The summed E-state index contributed by atoms with van der Waals surface area (Å²) in [4.78, 5) is 12.4. The molecule has 1 aliphatic rings. The van der Waals surface area contributed by atoms with Crippen LogP contribution in [0.2, 0.25) is 0 Å². The largest absolute Gasteiger partial charge is 0.375 e. The Bertz CT molecular complexity index is 765. The van der Waals surface area contributed by atoms with E-state index in [4.69, 9.17) is 0 Å². The highest BCUT2D eigenvalue weighted by Crippen LogP contribution is 2.25. The third-order valence-corrected chi connectivity index (χ3v) is 4.07. The Kier molecular flexibility index (Phi) is 4.51. The molecule has 0 fully saturated rings. The summed E-state index contributed by atoms with van der Waals surface area (Å²) in [5.41, 5.74) is 7.18. The number of nitrogens with one attached hydrogen (secondary N) is 3. The van der Waals surface area contributed by atoms with Crippen molar-refractivity contribution >= 4 is 28.7 Å². The molecular weight excluding hydrogens is 300 g/mol. The third kappa shape index (κ3) is 3.40. The molecule has 0 aromatic heterocycles. The van der Waals surface area contributed by atoms with Crippen LogP contribution in [0.15, 0.2) is 53.6 Å². The molecule has 1 aliphatic heterocycles. The zero-order valence-corrected chi connectivity index (χ0v) is 14.1. The molecule has 3 N–H and O–H groups in total. The molecule has 0 saturated carbocycles. The van der Waals surface area contributed by atoms with Crippen LogP contribution >= 0.6 is 0 Å². The molecule has 0 spiro atoms. The van der Waals surface area contributed by atoms with Gasteiger partial charge in [-0.15, -0.1) is 0 Å². The average Bonchev–Trinajstić information content (AvgIpc) is 2.68. The van der Waals surface area contributed by atoms with Crippen LogP contribution in [-0.4, -0.2) is 17.7 Å². The molecular formula is C19H22N4O. The normalized spacial score (nSPS) is 18.6. The van der Waals surface area contributed by atoms with Gasteiger partial charge in [-0.3, -0.25) is 10.2 Å². The summed E-state index contributed by atoms with van der Waals surface area (Å²) in [5, 5.41) is 10.5. The van der Waals surface area contributed by atoms with Crippen molar-refractivity contribution in [3.63, 3.8) is 0 Å². The summed E-state index contributed by atoms with van der Waals surface area (Å²) in [6, 6.07) is 15.5. The van der Waals surface area contributed by atoms with Gasteiger partial charge < -0.3 is 10.6 Å². The number of carbonyl (C=O) groups excluding carboxylic acids is 1. The summed E-state index contributed by atoms with van der Waals surface area (Å²) < 4.78 is 0. The van der Waals surface area contributed by atoms with Crippen LogP contribution in [0.4, 0.5) is 17.1 Å². The predicted octanol–water partition coefficient (Wildman–Crippen LogP) is 4.03. The van der Waals surface area contributed by atoms with Gasteiger partial charge in [0, 0.05) is 0 Å². The minimum Gasteiger partial charge on any atom is -0.375 e. The summed E-state index contributed by atoms with van der Waals surface area (Å²) in [7, 11) is 0. The van der Waals surface area contributed by atoms with Crippen molar-refractivity contribution in [2.75, 3.05) is 16.1 Å². The standard InChI is InChI=1S/C19H22N4O/c1-12(2)14-8-10-15(11-9-14)22-23-18-13(3)20-16-6-4-5-7-17(16)21-19(18)24/h4-13,20,22H,1-3H3,(H,21,24)/b23-18-. The first kappa shape index (κ1) is 16.1. The lowest BCUT2D eigenvalue weighted by Crippen LogP contribution is -2.34. The number of anilines is 3. The Morgan fingerprint density at radius 2 is 1.71 bits per heavy atom. The van der Waals surface area contributed by atoms with E-state index in [2.05, 4.69) is 47.1 Å². The fourth-order valence-corrected chi connectivity index (χ4v) is 2.62. The van der Waals surface area contributed by atoms with Crippen molar-refractivity contribution in [2.45, 2.75) is 32.7 Å². The van der Waals surface area contributed by atoms with Crippen LogP contribution < -0.4 is 16.1 Å². The molecule has 1 unspecified atom stereocenters. The highest BCUT2D eigenvalue weighted by atomic mass is 16.2. The maximum Gasteiger partial charge on any atom is 0.274 e. The number of rotatable bonds is 3. The van der Waals surface area contributed by atoms with E-state index in [1.54, 1.807) is 0 Å². The second-order valence-corrected chi connectivity index (χ2v) is 6.25. The van der Waals surface area contributed by atoms with E-state index in [0.29, 0.717) is 11.6 Å². The quantitative estimate of drug-likeness (QED) is 0.748. The molecule has 5 nitrogen and oxygen atoms in total. The van der Waals surface area contributed by atoms with Crippen LogP contribution in [0, 0.1) is 0 Å². The highest BCUT2D eigenvalue weighted by Gasteiger charge is 2.24. The van der Waals surface area contributed by atoms with Gasteiger partial charge in [0.25, 0.3) is 5.91 Å². The number of para-hydroxylation sites is 2. The number of nitrogens with zero attached hydrogens (tertiary/aromatic N) is 1. The number of amides is 1. The van der Waals surface area contributed by atoms with E-state index in [-0.39, 0.29) is 11.9 Å². The Morgan fingerprint density at radius 3 is 2.38 bits per heavy atom. The van der Waals surface area contributed by atoms with Crippen molar-refractivity contribution in [2.24, 2.45) is 5.10 Å². The van der Waals surface area contributed by atoms with Crippen molar-refractivity contribution in [3.05, 3.63) is 54.1 Å². The number of fused-ring (bicyclic) bond motifs is 1. The highest BCUT2D eigenvalue weighted by molar-refractivity contribution is 6.46. The van der Waals surface area contributed by atoms with E-state index in [9.17, 15) is 4.79 Å². The lowest BCUT2D eigenvalue weighted by Gasteiger charge is -2.13. The summed E-state index contributed by atoms with van der Waals surface area (Å²) in [6.45, 7) is 6.23. The van der Waals surface area contributed by atoms with Gasteiger partial charge in [-0.1, -0.05) is 38.1 Å². The first-order valence-corrected chi connectivity index (χ1v) is 8.15. The van der Waals surface area contributed by atoms with Gasteiger partial charge in [0.1, 0.15) is 5.71 Å². The fourth-order valence-electron chi connectivity index (χ4n) is 2.62. The minimum absolute atomic E-state index is 0.198. The first-order chi connectivity index (χ1) is 11.5. The fraction of sp³-hybridized carbons (Fsp3) is 0.263. The summed E-state index contributed by atoms with van der Waals surface area (Å²) in [5.74, 6) is 0.284. The Balaban J connectivity index is 1.78. The van der Waals surface area contributed by atoms with Gasteiger partial charge in [0.15, 0.2) is 0 Å². The van der Waals surface area contributed by atoms with Gasteiger partial charge in [-0.05, 0) is 42.7 Å². The summed E-state index contributed by atoms with van der Waals surface area (Å²) in [6.07, 6.45) is 0.